The Morgan fingerprint density at radius 2 is 2.50 bits per heavy atom. The maximum absolute atomic E-state index is 11.7. The van der Waals surface area contributed by atoms with E-state index in [0.717, 1.165) is 6.42 Å². The highest BCUT2D eigenvalue weighted by Gasteiger charge is 2.31. The second-order valence-corrected chi connectivity index (χ2v) is 4.53. The van der Waals surface area contributed by atoms with E-state index in [2.05, 4.69) is 9.97 Å². The fraction of sp³-hybridized carbons (Fsp3) is 0.455. The summed E-state index contributed by atoms with van der Waals surface area (Å²) < 4.78 is 0. The number of rotatable bonds is 2. The Labute approximate surface area is 93.0 Å². The van der Waals surface area contributed by atoms with E-state index in [1.807, 2.05) is 19.1 Å². The van der Waals surface area contributed by atoms with Crippen LogP contribution < -0.4 is 11.3 Å². The molecule has 0 bridgehead atoms. The van der Waals surface area contributed by atoms with Crippen LogP contribution in [-0.2, 0) is 0 Å². The number of nitrogens with two attached hydrogens (primary N) is 1. The summed E-state index contributed by atoms with van der Waals surface area (Å²) in [5, 5.41) is 9.23. The monoisotopic (exact) mass is 221 g/mol. The first kappa shape index (κ1) is 10.9. The van der Waals surface area contributed by atoms with E-state index >= 15 is 0 Å². The van der Waals surface area contributed by atoms with Crippen molar-refractivity contribution in [2.75, 3.05) is 12.3 Å². The number of hydrogen-bond acceptors (Lipinski definition) is 4. The number of anilines is 1. The molecule has 0 saturated carbocycles. The molecule has 0 fully saturated rings. The molecule has 0 aromatic carbocycles. The predicted molar refractivity (Wildman–Crippen MR) is 61.0 cm³/mol. The van der Waals surface area contributed by atoms with Gasteiger partial charge in [-0.15, -0.1) is 0 Å². The van der Waals surface area contributed by atoms with Gasteiger partial charge in [0.2, 0.25) is 0 Å². The first-order valence-electron chi connectivity index (χ1n) is 5.19. The molecular formula is C11H15N3O2. The van der Waals surface area contributed by atoms with Crippen LogP contribution in [0.3, 0.4) is 0 Å². The van der Waals surface area contributed by atoms with E-state index in [-0.39, 0.29) is 29.4 Å². The van der Waals surface area contributed by atoms with Crippen molar-refractivity contribution in [1.82, 2.24) is 9.97 Å². The van der Waals surface area contributed by atoms with E-state index in [1.165, 1.54) is 6.20 Å². The Bertz CT molecular complexity index is 480. The van der Waals surface area contributed by atoms with E-state index < -0.39 is 0 Å². The maximum Gasteiger partial charge on any atom is 0.256 e. The minimum atomic E-state index is -0.238. The zero-order chi connectivity index (χ0) is 11.8. The van der Waals surface area contributed by atoms with E-state index in [0.29, 0.717) is 5.56 Å². The fourth-order valence-electron chi connectivity index (χ4n) is 2.00. The number of nitrogens with zero attached hydrogens (tertiary/aromatic N) is 1. The molecule has 2 atom stereocenters. The van der Waals surface area contributed by atoms with Crippen molar-refractivity contribution in [1.29, 1.82) is 0 Å². The molecule has 5 heteroatoms. The molecular weight excluding hydrogens is 206 g/mol. The summed E-state index contributed by atoms with van der Waals surface area (Å²) in [6.07, 6.45) is 6.12. The number of aliphatic hydroxyl groups is 1. The summed E-state index contributed by atoms with van der Waals surface area (Å²) in [4.78, 5) is 18.0. The molecule has 86 valence electrons. The van der Waals surface area contributed by atoms with Gasteiger partial charge in [0.1, 0.15) is 0 Å². The van der Waals surface area contributed by atoms with Gasteiger partial charge < -0.3 is 10.8 Å². The molecule has 1 heterocycles. The van der Waals surface area contributed by atoms with E-state index in [1.54, 1.807) is 0 Å². The molecule has 0 amide bonds. The number of allylic oxidation sites excluding steroid dienone is 1. The highest BCUT2D eigenvalue weighted by molar-refractivity contribution is 5.27. The second-order valence-electron chi connectivity index (χ2n) is 4.53. The number of H-pyrrole nitrogens is 1. The van der Waals surface area contributed by atoms with Gasteiger partial charge in [-0.2, -0.15) is 0 Å². The van der Waals surface area contributed by atoms with Gasteiger partial charge in [-0.25, -0.2) is 4.98 Å². The molecule has 0 radical (unpaired) electrons. The van der Waals surface area contributed by atoms with Crippen molar-refractivity contribution in [2.45, 2.75) is 19.3 Å². The number of aromatic amines is 1. The SMILES string of the molecule is C[C@@]1(CO)C=CC(c2cnc(N)[nH]c2=O)C1. The Morgan fingerprint density at radius 1 is 1.75 bits per heavy atom. The van der Waals surface area contributed by atoms with Crippen LogP contribution in [0.15, 0.2) is 23.1 Å². The molecule has 1 aromatic rings. The zero-order valence-corrected chi connectivity index (χ0v) is 9.10. The highest BCUT2D eigenvalue weighted by atomic mass is 16.3. The normalized spacial score (nSPS) is 28.5. The van der Waals surface area contributed by atoms with Crippen molar-refractivity contribution in [2.24, 2.45) is 5.41 Å². The van der Waals surface area contributed by atoms with Crippen molar-refractivity contribution >= 4 is 5.95 Å². The zero-order valence-electron chi connectivity index (χ0n) is 9.10. The van der Waals surface area contributed by atoms with Gasteiger partial charge in [-0.1, -0.05) is 19.1 Å². The smallest absolute Gasteiger partial charge is 0.256 e. The summed E-state index contributed by atoms with van der Waals surface area (Å²) in [7, 11) is 0. The van der Waals surface area contributed by atoms with Crippen LogP contribution in [0.25, 0.3) is 0 Å². The average molecular weight is 221 g/mol. The lowest BCUT2D eigenvalue weighted by molar-refractivity contribution is 0.180. The van der Waals surface area contributed by atoms with Gasteiger partial charge in [0, 0.05) is 23.1 Å². The van der Waals surface area contributed by atoms with Gasteiger partial charge in [0.05, 0.1) is 6.61 Å². The van der Waals surface area contributed by atoms with Gasteiger partial charge in [0.25, 0.3) is 5.56 Å². The maximum atomic E-state index is 11.7. The summed E-state index contributed by atoms with van der Waals surface area (Å²) in [6, 6.07) is 0. The van der Waals surface area contributed by atoms with Crippen LogP contribution in [0.5, 0.6) is 0 Å². The largest absolute Gasteiger partial charge is 0.395 e. The molecule has 0 aliphatic heterocycles. The minimum absolute atomic E-state index is 0.00833. The fourth-order valence-corrected chi connectivity index (χ4v) is 2.00. The molecule has 1 aromatic heterocycles. The average Bonchev–Trinajstić information content (AvgIpc) is 2.62. The first-order chi connectivity index (χ1) is 7.54. The molecule has 5 nitrogen and oxygen atoms in total. The van der Waals surface area contributed by atoms with E-state index in [9.17, 15) is 9.90 Å². The third-order valence-electron chi connectivity index (χ3n) is 3.02. The lowest BCUT2D eigenvalue weighted by Crippen LogP contribution is -2.21. The molecule has 0 saturated heterocycles. The molecule has 0 spiro atoms. The van der Waals surface area contributed by atoms with Gasteiger partial charge in [0.15, 0.2) is 5.95 Å². The van der Waals surface area contributed by atoms with E-state index in [4.69, 9.17) is 5.73 Å². The molecule has 1 aliphatic carbocycles. The summed E-state index contributed by atoms with van der Waals surface area (Å²) in [6.45, 7) is 2.04. The van der Waals surface area contributed by atoms with Gasteiger partial charge in [-0.3, -0.25) is 9.78 Å². The Hall–Kier alpha value is -1.62. The second kappa shape index (κ2) is 3.75. The molecule has 2 rings (SSSR count). The van der Waals surface area contributed by atoms with Crippen LogP contribution in [0.2, 0.25) is 0 Å². The van der Waals surface area contributed by atoms with Crippen LogP contribution in [0, 0.1) is 5.41 Å². The quantitative estimate of drug-likeness (QED) is 0.630. The lowest BCUT2D eigenvalue weighted by Gasteiger charge is -2.20. The van der Waals surface area contributed by atoms with Gasteiger partial charge in [-0.05, 0) is 6.42 Å². The van der Waals surface area contributed by atoms with Crippen LogP contribution in [0.1, 0.15) is 24.8 Å². The van der Waals surface area contributed by atoms with Crippen LogP contribution in [0.4, 0.5) is 5.95 Å². The highest BCUT2D eigenvalue weighted by Crippen LogP contribution is 2.38. The number of nitrogen functional groups attached to an aromatic ring is 1. The predicted octanol–water partition coefficient (Wildman–Crippen LogP) is 0.394. The summed E-state index contributed by atoms with van der Waals surface area (Å²) in [5.41, 5.74) is 5.54. The number of hydrogen-bond donors (Lipinski definition) is 3. The minimum Gasteiger partial charge on any atom is -0.395 e. The van der Waals surface area contributed by atoms with Crippen molar-refractivity contribution in [3.8, 4) is 0 Å². The third kappa shape index (κ3) is 1.86. The topological polar surface area (TPSA) is 92.0 Å². The summed E-state index contributed by atoms with van der Waals surface area (Å²) in [5.74, 6) is 0.134. The Kier molecular flexibility index (Phi) is 2.55. The molecule has 16 heavy (non-hydrogen) atoms. The number of nitrogens with one attached hydrogen (secondary N) is 1. The number of aromatic nitrogens is 2. The standard InChI is InChI=1S/C11H15N3O2/c1-11(6-15)3-2-7(4-11)8-5-13-10(12)14-9(8)16/h2-3,5,7,15H,4,6H2,1H3,(H3,12,13,14,16)/t7?,11-/m1/s1. The van der Waals surface area contributed by atoms with Crippen molar-refractivity contribution in [3.05, 3.63) is 34.3 Å². The molecule has 4 N–H and O–H groups in total. The third-order valence-corrected chi connectivity index (χ3v) is 3.02. The van der Waals surface area contributed by atoms with Gasteiger partial charge >= 0.3 is 0 Å². The number of aliphatic hydroxyl groups excluding tert-OH is 1. The van der Waals surface area contributed by atoms with Crippen LogP contribution in [-0.4, -0.2) is 21.7 Å². The molecule has 1 aliphatic rings. The molecule has 1 unspecified atom stereocenters. The first-order valence-corrected chi connectivity index (χ1v) is 5.19. The van der Waals surface area contributed by atoms with Crippen molar-refractivity contribution in [3.63, 3.8) is 0 Å². The van der Waals surface area contributed by atoms with Crippen LogP contribution >= 0.6 is 0 Å². The Morgan fingerprint density at radius 3 is 3.06 bits per heavy atom. The summed E-state index contributed by atoms with van der Waals surface area (Å²) >= 11 is 0. The van der Waals surface area contributed by atoms with Crippen molar-refractivity contribution < 1.29 is 5.11 Å². The lowest BCUT2D eigenvalue weighted by atomic mass is 9.87. The Balaban J connectivity index is 2.29.